The van der Waals surface area contributed by atoms with Crippen molar-refractivity contribution in [3.05, 3.63) is 83.4 Å². The van der Waals surface area contributed by atoms with Gasteiger partial charge >= 0.3 is 0 Å². The summed E-state index contributed by atoms with van der Waals surface area (Å²) in [4.78, 5) is 0. The minimum atomic E-state index is 0.500. The van der Waals surface area contributed by atoms with Gasteiger partial charge in [0.25, 0.3) is 0 Å². The summed E-state index contributed by atoms with van der Waals surface area (Å²) >= 11 is 0. The second-order valence-electron chi connectivity index (χ2n) is 6.07. The zero-order valence-electron chi connectivity index (χ0n) is 14.9. The van der Waals surface area contributed by atoms with Crippen molar-refractivity contribution in [2.45, 2.75) is 13.1 Å². The fraction of sp³-hybridized carbons (Fsp3) is 0.0952. The number of nitrogens with two attached hydrogens (primary N) is 2. The Hall–Kier alpha value is -3.35. The van der Waals surface area contributed by atoms with Crippen LogP contribution in [0.25, 0.3) is 0 Å². The largest absolute Gasteiger partial charge is 0.411 e. The Balaban J connectivity index is 1.93. The first-order chi connectivity index (χ1) is 13.2. The predicted octanol–water partition coefficient (Wildman–Crippen LogP) is 3.90. The van der Waals surface area contributed by atoms with Crippen molar-refractivity contribution in [3.8, 4) is 0 Å². The van der Waals surface area contributed by atoms with E-state index in [1.165, 1.54) is 6.21 Å². The van der Waals surface area contributed by atoms with E-state index in [0.29, 0.717) is 13.1 Å². The molecule has 0 atom stereocenters. The van der Waals surface area contributed by atoms with E-state index in [-0.39, 0.29) is 0 Å². The fourth-order valence-corrected chi connectivity index (χ4v) is 2.73. The Morgan fingerprint density at radius 3 is 1.85 bits per heavy atom. The standard InChI is InChI=1S/C21H23N5O/c22-12-15-4-8-18(9-5-15)25-20-3-1-2-17(14-24-27)21(20)26-19-10-6-16(13-23)7-11-19/h1-11,14,25-27H,12-13,22-23H2. The molecule has 0 aliphatic heterocycles. The topological polar surface area (TPSA) is 109 Å². The molecule has 0 bridgehead atoms. The van der Waals surface area contributed by atoms with E-state index >= 15 is 0 Å². The minimum Gasteiger partial charge on any atom is -0.411 e. The zero-order chi connectivity index (χ0) is 19.1. The van der Waals surface area contributed by atoms with Gasteiger partial charge in [-0.15, -0.1) is 0 Å². The van der Waals surface area contributed by atoms with E-state index in [1.54, 1.807) is 0 Å². The van der Waals surface area contributed by atoms with Gasteiger partial charge in [0.1, 0.15) is 0 Å². The molecule has 0 saturated carbocycles. The molecule has 0 unspecified atom stereocenters. The van der Waals surface area contributed by atoms with Gasteiger partial charge in [-0.2, -0.15) is 0 Å². The first-order valence-corrected chi connectivity index (χ1v) is 8.66. The number of para-hydroxylation sites is 1. The van der Waals surface area contributed by atoms with Crippen molar-refractivity contribution >= 4 is 29.0 Å². The van der Waals surface area contributed by atoms with Crippen LogP contribution >= 0.6 is 0 Å². The first-order valence-electron chi connectivity index (χ1n) is 8.66. The maximum atomic E-state index is 9.01. The molecular formula is C21H23N5O. The van der Waals surface area contributed by atoms with Crippen molar-refractivity contribution in [1.29, 1.82) is 0 Å². The molecule has 0 fully saturated rings. The summed E-state index contributed by atoms with van der Waals surface area (Å²) in [7, 11) is 0. The Bertz CT molecular complexity index is 905. The van der Waals surface area contributed by atoms with E-state index in [2.05, 4.69) is 15.8 Å². The highest BCUT2D eigenvalue weighted by Crippen LogP contribution is 2.31. The van der Waals surface area contributed by atoms with Crippen molar-refractivity contribution in [1.82, 2.24) is 0 Å². The number of anilines is 4. The van der Waals surface area contributed by atoms with E-state index in [0.717, 1.165) is 39.4 Å². The van der Waals surface area contributed by atoms with Crippen LogP contribution in [0.4, 0.5) is 22.7 Å². The lowest BCUT2D eigenvalue weighted by atomic mass is 10.1. The van der Waals surface area contributed by atoms with E-state index < -0.39 is 0 Å². The van der Waals surface area contributed by atoms with Gasteiger partial charge in [-0.05, 0) is 41.5 Å². The lowest BCUT2D eigenvalue weighted by Crippen LogP contribution is -2.02. The quantitative estimate of drug-likeness (QED) is 0.249. The molecule has 0 aliphatic rings. The van der Waals surface area contributed by atoms with Crippen LogP contribution < -0.4 is 22.1 Å². The first kappa shape index (κ1) is 18.4. The number of nitrogens with one attached hydrogen (secondary N) is 2. The highest BCUT2D eigenvalue weighted by atomic mass is 16.4. The normalized spacial score (nSPS) is 10.9. The average molecular weight is 361 g/mol. The summed E-state index contributed by atoms with van der Waals surface area (Å²) in [5, 5.41) is 19.0. The summed E-state index contributed by atoms with van der Waals surface area (Å²) in [6, 6.07) is 21.6. The maximum Gasteiger partial charge on any atom is 0.0755 e. The van der Waals surface area contributed by atoms with Crippen LogP contribution in [-0.2, 0) is 13.1 Å². The molecule has 0 heterocycles. The third kappa shape index (κ3) is 4.63. The van der Waals surface area contributed by atoms with Gasteiger partial charge in [-0.3, -0.25) is 0 Å². The summed E-state index contributed by atoms with van der Waals surface area (Å²) in [6.07, 6.45) is 1.40. The molecule has 0 radical (unpaired) electrons. The Labute approximate surface area is 158 Å². The van der Waals surface area contributed by atoms with E-state index in [1.807, 2.05) is 66.7 Å². The zero-order valence-corrected chi connectivity index (χ0v) is 14.9. The molecule has 0 spiro atoms. The van der Waals surface area contributed by atoms with Gasteiger partial charge in [0.2, 0.25) is 0 Å². The summed E-state index contributed by atoms with van der Waals surface area (Å²) in [6.45, 7) is 1.01. The third-order valence-electron chi connectivity index (χ3n) is 4.22. The van der Waals surface area contributed by atoms with E-state index in [9.17, 15) is 0 Å². The van der Waals surface area contributed by atoms with Crippen LogP contribution in [0, 0.1) is 0 Å². The summed E-state index contributed by atoms with van der Waals surface area (Å²) in [5.41, 5.74) is 17.7. The second kappa shape index (κ2) is 8.84. The van der Waals surface area contributed by atoms with Crippen LogP contribution in [0.3, 0.4) is 0 Å². The van der Waals surface area contributed by atoms with Gasteiger partial charge in [0, 0.05) is 30.0 Å². The third-order valence-corrected chi connectivity index (χ3v) is 4.22. The van der Waals surface area contributed by atoms with Crippen molar-refractivity contribution in [2.24, 2.45) is 16.6 Å². The summed E-state index contributed by atoms with van der Waals surface area (Å²) < 4.78 is 0. The highest BCUT2D eigenvalue weighted by Gasteiger charge is 2.09. The van der Waals surface area contributed by atoms with Crippen molar-refractivity contribution in [3.63, 3.8) is 0 Å². The number of rotatable bonds is 7. The maximum absolute atomic E-state index is 9.01. The molecule has 6 heteroatoms. The molecule has 3 aromatic carbocycles. The SMILES string of the molecule is NCc1ccc(Nc2cccc(C=NO)c2Nc2ccc(CN)cc2)cc1. The molecular weight excluding hydrogens is 338 g/mol. The molecule has 0 saturated heterocycles. The van der Waals surface area contributed by atoms with Crippen LogP contribution in [0.15, 0.2) is 71.9 Å². The molecule has 0 amide bonds. The number of nitrogens with zero attached hydrogens (tertiary/aromatic N) is 1. The molecule has 3 rings (SSSR count). The lowest BCUT2D eigenvalue weighted by Gasteiger charge is -2.17. The molecule has 138 valence electrons. The predicted molar refractivity (Wildman–Crippen MR) is 111 cm³/mol. The average Bonchev–Trinajstić information content (AvgIpc) is 2.71. The van der Waals surface area contributed by atoms with E-state index in [4.69, 9.17) is 16.7 Å². The Morgan fingerprint density at radius 1 is 0.778 bits per heavy atom. The highest BCUT2D eigenvalue weighted by molar-refractivity contribution is 5.95. The van der Waals surface area contributed by atoms with Gasteiger partial charge in [0.15, 0.2) is 0 Å². The van der Waals surface area contributed by atoms with Crippen LogP contribution in [-0.4, -0.2) is 11.4 Å². The van der Waals surface area contributed by atoms with Crippen molar-refractivity contribution in [2.75, 3.05) is 10.6 Å². The molecule has 0 aromatic heterocycles. The lowest BCUT2D eigenvalue weighted by molar-refractivity contribution is 0.322. The van der Waals surface area contributed by atoms with Crippen LogP contribution in [0.1, 0.15) is 16.7 Å². The van der Waals surface area contributed by atoms with Gasteiger partial charge in [-0.1, -0.05) is 41.6 Å². The monoisotopic (exact) mass is 361 g/mol. The smallest absolute Gasteiger partial charge is 0.0755 e. The Kier molecular flexibility index (Phi) is 6.04. The summed E-state index contributed by atoms with van der Waals surface area (Å²) in [5.74, 6) is 0. The number of hydrogen-bond donors (Lipinski definition) is 5. The van der Waals surface area contributed by atoms with Gasteiger partial charge in [0.05, 0.1) is 17.6 Å². The minimum absolute atomic E-state index is 0.500. The number of benzene rings is 3. The van der Waals surface area contributed by atoms with Gasteiger partial charge < -0.3 is 27.3 Å². The fourth-order valence-electron chi connectivity index (χ4n) is 2.73. The van der Waals surface area contributed by atoms with Crippen LogP contribution in [0.5, 0.6) is 0 Å². The van der Waals surface area contributed by atoms with Gasteiger partial charge in [-0.25, -0.2) is 0 Å². The molecule has 7 N–H and O–H groups in total. The van der Waals surface area contributed by atoms with Crippen LogP contribution in [0.2, 0.25) is 0 Å². The Morgan fingerprint density at radius 2 is 1.33 bits per heavy atom. The van der Waals surface area contributed by atoms with Crippen molar-refractivity contribution < 1.29 is 5.21 Å². The molecule has 0 aliphatic carbocycles. The molecule has 27 heavy (non-hydrogen) atoms. The molecule has 6 nitrogen and oxygen atoms in total. The molecule has 3 aromatic rings. The number of oxime groups is 1. The number of hydrogen-bond acceptors (Lipinski definition) is 6. The second-order valence-corrected chi connectivity index (χ2v) is 6.07.